The van der Waals surface area contributed by atoms with Crippen molar-refractivity contribution in [1.29, 1.82) is 0 Å². The van der Waals surface area contributed by atoms with E-state index in [9.17, 15) is 31.5 Å². The van der Waals surface area contributed by atoms with Crippen molar-refractivity contribution in [3.63, 3.8) is 0 Å². The minimum Gasteiger partial charge on any atom is -0.493 e. The Hall–Kier alpha value is -3.28. The van der Waals surface area contributed by atoms with Gasteiger partial charge in [-0.1, -0.05) is 13.0 Å². The van der Waals surface area contributed by atoms with Gasteiger partial charge in [-0.2, -0.15) is 17.6 Å². The number of amides is 2. The zero-order valence-corrected chi connectivity index (χ0v) is 17.6. The standard InChI is InChI=1S/C21H20F5N3O4/c1-9-14(11-4-5-12(22)15(23)16(11)32-3)17(33-20(9,2)21(24,25)26)19(31)29-10-6-7-28-13(8-10)18(27)30/h4-9,14,17H,1-3H3,(H2,27,30)(H,28,29,31)/t9-,14-,17+,20-/m0/s1/i7D. The number of nitrogens with zero attached hydrogens (tertiary/aromatic N) is 1. The third-order valence-electron chi connectivity index (χ3n) is 5.79. The molecule has 1 saturated heterocycles. The van der Waals surface area contributed by atoms with Crippen molar-refractivity contribution >= 4 is 17.5 Å². The fraction of sp³-hybridized carbons (Fsp3) is 0.381. The SMILES string of the molecule is [2H]c1cc(NC(=O)[C@@H]2O[C@](C)(C(F)(F)F)[C@@H](C)[C@H]2c2ccc(F)c(F)c2OC)cc(C(N)=O)n1. The van der Waals surface area contributed by atoms with Crippen LogP contribution in [-0.4, -0.2) is 41.8 Å². The summed E-state index contributed by atoms with van der Waals surface area (Å²) in [7, 11) is 1.01. The minimum atomic E-state index is -4.92. The highest BCUT2D eigenvalue weighted by Gasteiger charge is 2.65. The van der Waals surface area contributed by atoms with E-state index in [1.54, 1.807) is 0 Å². The molecule has 0 bridgehead atoms. The van der Waals surface area contributed by atoms with Crippen LogP contribution in [0.25, 0.3) is 0 Å². The maximum absolute atomic E-state index is 14.4. The summed E-state index contributed by atoms with van der Waals surface area (Å²) in [5, 5.41) is 2.29. The van der Waals surface area contributed by atoms with Crippen LogP contribution < -0.4 is 15.8 Å². The molecule has 2 heterocycles. The lowest BCUT2D eigenvalue weighted by atomic mass is 9.77. The zero-order valence-electron chi connectivity index (χ0n) is 18.6. The van der Waals surface area contributed by atoms with Crippen LogP contribution in [0.5, 0.6) is 5.75 Å². The number of hydrogen-bond acceptors (Lipinski definition) is 5. The molecule has 1 aliphatic heterocycles. The average molecular weight is 474 g/mol. The maximum Gasteiger partial charge on any atom is 0.417 e. The van der Waals surface area contributed by atoms with Gasteiger partial charge in [-0.05, 0) is 25.1 Å². The van der Waals surface area contributed by atoms with E-state index < -0.39 is 65.1 Å². The molecule has 4 atom stereocenters. The number of halogens is 5. The van der Waals surface area contributed by atoms with Crippen molar-refractivity contribution in [2.75, 3.05) is 12.4 Å². The molecule has 0 radical (unpaired) electrons. The highest BCUT2D eigenvalue weighted by molar-refractivity contribution is 5.97. The van der Waals surface area contributed by atoms with Crippen molar-refractivity contribution < 1.29 is 42.4 Å². The third kappa shape index (κ3) is 4.22. The molecule has 178 valence electrons. The second kappa shape index (κ2) is 8.58. The zero-order chi connectivity index (χ0) is 25.6. The van der Waals surface area contributed by atoms with E-state index in [-0.39, 0.29) is 16.9 Å². The van der Waals surface area contributed by atoms with Gasteiger partial charge in [0.25, 0.3) is 11.8 Å². The van der Waals surface area contributed by atoms with Crippen LogP contribution in [0, 0.1) is 17.6 Å². The lowest BCUT2D eigenvalue weighted by Gasteiger charge is -2.32. The lowest BCUT2D eigenvalue weighted by molar-refractivity contribution is -0.272. The Balaban J connectivity index is 2.09. The molecular weight excluding hydrogens is 453 g/mol. The molecule has 3 rings (SSSR count). The summed E-state index contributed by atoms with van der Waals surface area (Å²) in [6.07, 6.45) is -7.19. The number of hydrogen-bond donors (Lipinski definition) is 2. The van der Waals surface area contributed by atoms with Crippen molar-refractivity contribution in [3.05, 3.63) is 53.3 Å². The van der Waals surface area contributed by atoms with Crippen LogP contribution in [0.15, 0.2) is 30.4 Å². The fourth-order valence-electron chi connectivity index (χ4n) is 3.84. The van der Waals surface area contributed by atoms with E-state index in [4.69, 9.17) is 16.6 Å². The number of alkyl halides is 3. The Morgan fingerprint density at radius 3 is 2.55 bits per heavy atom. The third-order valence-corrected chi connectivity index (χ3v) is 5.79. The van der Waals surface area contributed by atoms with Gasteiger partial charge in [0.05, 0.1) is 8.48 Å². The van der Waals surface area contributed by atoms with Gasteiger partial charge in [-0.15, -0.1) is 0 Å². The number of aromatic nitrogens is 1. The second-order valence-electron chi connectivity index (χ2n) is 7.67. The summed E-state index contributed by atoms with van der Waals surface area (Å²) in [6, 6.07) is 3.82. The first-order chi connectivity index (χ1) is 15.7. The maximum atomic E-state index is 14.4. The van der Waals surface area contributed by atoms with Gasteiger partial charge in [0.1, 0.15) is 11.8 Å². The van der Waals surface area contributed by atoms with Crippen LogP contribution in [-0.2, 0) is 9.53 Å². The summed E-state index contributed by atoms with van der Waals surface area (Å²) < 4.78 is 87.8. The molecule has 1 fully saturated rings. The topological polar surface area (TPSA) is 104 Å². The summed E-state index contributed by atoms with van der Waals surface area (Å²) in [6.45, 7) is 1.93. The minimum absolute atomic E-state index is 0.147. The molecule has 0 aliphatic carbocycles. The molecule has 1 aromatic heterocycles. The molecule has 12 heteroatoms. The molecule has 2 amide bonds. The monoisotopic (exact) mass is 474 g/mol. The Bertz CT molecular complexity index is 1150. The van der Waals surface area contributed by atoms with Gasteiger partial charge >= 0.3 is 6.18 Å². The van der Waals surface area contributed by atoms with Crippen molar-refractivity contribution in [2.45, 2.75) is 37.6 Å². The van der Waals surface area contributed by atoms with Gasteiger partial charge in [0, 0.05) is 29.3 Å². The number of carbonyl (C=O) groups is 2. The lowest BCUT2D eigenvalue weighted by Crippen LogP contribution is -2.47. The number of ether oxygens (including phenoxy) is 2. The molecular formula is C21H20F5N3O4. The van der Waals surface area contributed by atoms with E-state index >= 15 is 0 Å². The van der Waals surface area contributed by atoms with Crippen LogP contribution in [0.4, 0.5) is 27.6 Å². The molecule has 0 saturated carbocycles. The van der Waals surface area contributed by atoms with E-state index in [1.807, 2.05) is 0 Å². The first-order valence-corrected chi connectivity index (χ1v) is 9.57. The molecule has 1 aromatic carbocycles. The predicted octanol–water partition coefficient (Wildman–Crippen LogP) is 3.55. The second-order valence-corrected chi connectivity index (χ2v) is 7.67. The Labute approximate surface area is 186 Å². The molecule has 0 unspecified atom stereocenters. The van der Waals surface area contributed by atoms with Gasteiger partial charge in [-0.25, -0.2) is 4.39 Å². The summed E-state index contributed by atoms with van der Waals surface area (Å²) >= 11 is 0. The number of primary amides is 1. The number of anilines is 1. The summed E-state index contributed by atoms with van der Waals surface area (Å²) in [4.78, 5) is 28.1. The highest BCUT2D eigenvalue weighted by atomic mass is 19.4. The predicted molar refractivity (Wildman–Crippen MR) is 106 cm³/mol. The number of rotatable bonds is 5. The summed E-state index contributed by atoms with van der Waals surface area (Å²) in [5.41, 5.74) is 1.60. The Morgan fingerprint density at radius 1 is 1.30 bits per heavy atom. The van der Waals surface area contributed by atoms with Crippen molar-refractivity contribution in [2.24, 2.45) is 11.7 Å². The van der Waals surface area contributed by atoms with Crippen molar-refractivity contribution in [1.82, 2.24) is 4.98 Å². The van der Waals surface area contributed by atoms with Gasteiger partial charge < -0.3 is 20.5 Å². The molecule has 3 N–H and O–H groups in total. The number of nitrogens with one attached hydrogen (secondary N) is 1. The van der Waals surface area contributed by atoms with E-state index in [0.29, 0.717) is 6.07 Å². The van der Waals surface area contributed by atoms with E-state index in [1.165, 1.54) is 6.92 Å². The Morgan fingerprint density at radius 2 is 1.97 bits per heavy atom. The van der Waals surface area contributed by atoms with Crippen LogP contribution in [0.2, 0.25) is 0 Å². The normalized spacial score (nSPS) is 25.5. The molecule has 1 aliphatic rings. The molecule has 33 heavy (non-hydrogen) atoms. The quantitative estimate of drug-likeness (QED) is 0.646. The molecule has 0 spiro atoms. The first kappa shape index (κ1) is 22.9. The van der Waals surface area contributed by atoms with Gasteiger partial charge in [-0.3, -0.25) is 14.6 Å². The van der Waals surface area contributed by atoms with E-state index in [2.05, 4.69) is 10.3 Å². The number of nitrogens with two attached hydrogens (primary N) is 1. The van der Waals surface area contributed by atoms with Crippen molar-refractivity contribution in [3.8, 4) is 5.75 Å². The van der Waals surface area contributed by atoms with Gasteiger partial charge in [0.15, 0.2) is 17.2 Å². The average Bonchev–Trinajstić information content (AvgIpc) is 3.01. The molecule has 2 aromatic rings. The summed E-state index contributed by atoms with van der Waals surface area (Å²) in [5.74, 6) is -8.30. The van der Waals surface area contributed by atoms with Gasteiger partial charge in [0.2, 0.25) is 5.82 Å². The smallest absolute Gasteiger partial charge is 0.417 e. The Kier molecular flexibility index (Phi) is 5.95. The van der Waals surface area contributed by atoms with E-state index in [0.717, 1.165) is 32.2 Å². The van der Waals surface area contributed by atoms with Crippen LogP contribution in [0.1, 0.15) is 37.2 Å². The first-order valence-electron chi connectivity index (χ1n) is 10.1. The number of pyridine rings is 1. The van der Waals surface area contributed by atoms with Crippen LogP contribution in [0.3, 0.4) is 0 Å². The fourth-order valence-corrected chi connectivity index (χ4v) is 3.84. The van der Waals surface area contributed by atoms with Crippen LogP contribution >= 0.6 is 0 Å². The molecule has 7 nitrogen and oxygen atoms in total. The number of benzene rings is 1. The largest absolute Gasteiger partial charge is 0.493 e. The highest BCUT2D eigenvalue weighted by Crippen LogP contribution is 2.55. The number of methoxy groups -OCH3 is 1. The number of carbonyl (C=O) groups excluding carboxylic acids is 2.